The molecule has 0 aromatic heterocycles. The van der Waals surface area contributed by atoms with E-state index in [4.69, 9.17) is 0 Å². The van der Waals surface area contributed by atoms with E-state index < -0.39 is 10.0 Å². The molecule has 4 aromatic rings. The van der Waals surface area contributed by atoms with Crippen molar-refractivity contribution in [2.45, 2.75) is 13.1 Å². The predicted octanol–water partition coefficient (Wildman–Crippen LogP) is 7.64. The van der Waals surface area contributed by atoms with Gasteiger partial charge in [-0.15, -0.1) is 0 Å². The molecule has 37 heavy (non-hydrogen) atoms. The molecule has 1 aliphatic heterocycles. The lowest BCUT2D eigenvalue weighted by Crippen LogP contribution is -2.05. The Morgan fingerprint density at radius 2 is 0.811 bits per heavy atom. The zero-order valence-electron chi connectivity index (χ0n) is 22.2. The second-order valence-electron chi connectivity index (χ2n) is 9.92. The maximum atomic E-state index is 3.27. The second kappa shape index (κ2) is 10.9. The van der Waals surface area contributed by atoms with Gasteiger partial charge in [0.25, 0.3) is 0 Å². The zero-order valence-corrected chi connectivity index (χ0v) is 23.0. The van der Waals surface area contributed by atoms with Crippen LogP contribution >= 0.6 is 10.0 Å². The molecule has 188 valence electrons. The summed E-state index contributed by atoms with van der Waals surface area (Å²) in [5.41, 5.74) is 10.5. The summed E-state index contributed by atoms with van der Waals surface area (Å²) < 4.78 is 0. The SMILES string of the molecule is CNCc1ccc(C2=C(c3ccccc3)C(c3ccccc3)=C(c3ccc(CNC)cc3)S2(C)C)cc1. The molecule has 0 fully saturated rings. The molecular weight excluding hydrogens is 468 g/mol. The highest BCUT2D eigenvalue weighted by Crippen LogP contribution is 2.74. The van der Waals surface area contributed by atoms with Crippen LogP contribution in [-0.4, -0.2) is 26.6 Å². The number of hydrogen-bond donors (Lipinski definition) is 2. The van der Waals surface area contributed by atoms with Gasteiger partial charge in [-0.1, -0.05) is 109 Å². The van der Waals surface area contributed by atoms with Crippen molar-refractivity contribution in [1.29, 1.82) is 0 Å². The van der Waals surface area contributed by atoms with Gasteiger partial charge < -0.3 is 10.6 Å². The molecule has 2 nitrogen and oxygen atoms in total. The van der Waals surface area contributed by atoms with Gasteiger partial charge in [-0.25, -0.2) is 0 Å². The van der Waals surface area contributed by atoms with Crippen LogP contribution in [0.4, 0.5) is 0 Å². The molecule has 1 heterocycles. The monoisotopic (exact) mass is 504 g/mol. The summed E-state index contributed by atoms with van der Waals surface area (Å²) in [6.45, 7) is 1.75. The van der Waals surface area contributed by atoms with Crippen LogP contribution in [0, 0.1) is 0 Å². The highest BCUT2D eigenvalue weighted by molar-refractivity contribution is 8.47. The number of nitrogens with one attached hydrogen (secondary N) is 2. The normalized spacial score (nSPS) is 15.8. The van der Waals surface area contributed by atoms with Crippen molar-refractivity contribution in [3.8, 4) is 0 Å². The third-order valence-corrected chi connectivity index (χ3v) is 9.96. The molecule has 0 saturated carbocycles. The van der Waals surface area contributed by atoms with E-state index in [1.807, 2.05) is 14.1 Å². The Balaban J connectivity index is 1.80. The molecule has 0 bridgehead atoms. The Morgan fingerprint density at radius 1 is 0.459 bits per heavy atom. The van der Waals surface area contributed by atoms with Crippen LogP contribution < -0.4 is 10.6 Å². The Morgan fingerprint density at radius 3 is 1.14 bits per heavy atom. The van der Waals surface area contributed by atoms with Crippen molar-refractivity contribution < 1.29 is 0 Å². The molecule has 3 heteroatoms. The van der Waals surface area contributed by atoms with E-state index in [2.05, 4.69) is 132 Å². The minimum Gasteiger partial charge on any atom is -0.316 e. The van der Waals surface area contributed by atoms with Crippen molar-refractivity contribution in [1.82, 2.24) is 10.6 Å². The van der Waals surface area contributed by atoms with Gasteiger partial charge in [-0.2, -0.15) is 10.0 Å². The minimum atomic E-state index is -1.35. The van der Waals surface area contributed by atoms with Gasteiger partial charge in [0.2, 0.25) is 0 Å². The lowest BCUT2D eigenvalue weighted by atomic mass is 9.89. The summed E-state index contributed by atoms with van der Waals surface area (Å²) in [6, 6.07) is 40.3. The summed E-state index contributed by atoms with van der Waals surface area (Å²) in [4.78, 5) is 2.92. The molecule has 4 aromatic carbocycles. The van der Waals surface area contributed by atoms with E-state index in [0.717, 1.165) is 13.1 Å². The molecule has 0 radical (unpaired) electrons. The van der Waals surface area contributed by atoms with E-state index in [9.17, 15) is 0 Å². The second-order valence-corrected chi connectivity index (χ2v) is 13.4. The average Bonchev–Trinajstić information content (AvgIpc) is 3.18. The first-order valence-electron chi connectivity index (χ1n) is 12.9. The van der Waals surface area contributed by atoms with Crippen LogP contribution in [0.25, 0.3) is 21.0 Å². The Labute approximate surface area is 223 Å². The summed E-state index contributed by atoms with van der Waals surface area (Å²) in [5.74, 6) is 0. The fourth-order valence-corrected chi connectivity index (χ4v) is 8.55. The van der Waals surface area contributed by atoms with Crippen molar-refractivity contribution in [3.63, 3.8) is 0 Å². The molecule has 0 spiro atoms. The highest BCUT2D eigenvalue weighted by Gasteiger charge is 2.39. The molecule has 5 rings (SSSR count). The Kier molecular flexibility index (Phi) is 7.48. The minimum absolute atomic E-state index is 0.874. The Hall–Kier alpha value is -3.37. The van der Waals surface area contributed by atoms with E-state index in [1.165, 1.54) is 54.3 Å². The molecule has 0 amide bonds. The first-order valence-corrected chi connectivity index (χ1v) is 15.3. The molecule has 0 aliphatic carbocycles. The average molecular weight is 505 g/mol. The quantitative estimate of drug-likeness (QED) is 0.258. The number of hydrogen-bond acceptors (Lipinski definition) is 2. The van der Waals surface area contributed by atoms with Crippen LogP contribution in [0.2, 0.25) is 0 Å². The van der Waals surface area contributed by atoms with Gasteiger partial charge in [0, 0.05) is 34.0 Å². The number of allylic oxidation sites excluding steroid dienone is 2. The highest BCUT2D eigenvalue weighted by atomic mass is 32.3. The van der Waals surface area contributed by atoms with Gasteiger partial charge in [-0.3, -0.25) is 0 Å². The van der Waals surface area contributed by atoms with Crippen LogP contribution in [0.3, 0.4) is 0 Å². The number of rotatable bonds is 8. The lowest BCUT2D eigenvalue weighted by Gasteiger charge is -2.34. The zero-order chi connectivity index (χ0) is 25.8. The van der Waals surface area contributed by atoms with Crippen LogP contribution in [0.1, 0.15) is 33.4 Å². The van der Waals surface area contributed by atoms with E-state index in [-0.39, 0.29) is 0 Å². The van der Waals surface area contributed by atoms with Gasteiger partial charge in [0.1, 0.15) is 0 Å². The molecule has 1 aliphatic rings. The summed E-state index contributed by atoms with van der Waals surface area (Å²) in [7, 11) is 2.65. The maximum Gasteiger partial charge on any atom is 0.0202 e. The first kappa shape index (κ1) is 25.3. The van der Waals surface area contributed by atoms with Gasteiger partial charge in [-0.05, 0) is 60.0 Å². The van der Waals surface area contributed by atoms with E-state index >= 15 is 0 Å². The van der Waals surface area contributed by atoms with Gasteiger partial charge in [0.05, 0.1) is 0 Å². The lowest BCUT2D eigenvalue weighted by molar-refractivity contribution is 0.818. The number of benzene rings is 4. The topological polar surface area (TPSA) is 24.1 Å². The van der Waals surface area contributed by atoms with Crippen LogP contribution in [-0.2, 0) is 13.1 Å². The fraction of sp³-hybridized carbons (Fsp3) is 0.176. The predicted molar refractivity (Wildman–Crippen MR) is 164 cm³/mol. The van der Waals surface area contributed by atoms with E-state index in [1.54, 1.807) is 0 Å². The largest absolute Gasteiger partial charge is 0.316 e. The summed E-state index contributed by atoms with van der Waals surface area (Å²) in [5, 5.41) is 6.55. The molecule has 0 saturated heterocycles. The van der Waals surface area contributed by atoms with Crippen molar-refractivity contribution in [3.05, 3.63) is 143 Å². The molecule has 0 atom stereocenters. The maximum absolute atomic E-state index is 3.27. The van der Waals surface area contributed by atoms with Crippen molar-refractivity contribution in [2.75, 3.05) is 26.6 Å². The van der Waals surface area contributed by atoms with Gasteiger partial charge >= 0.3 is 0 Å². The van der Waals surface area contributed by atoms with Crippen molar-refractivity contribution >= 4 is 31.0 Å². The Bertz CT molecular complexity index is 1300. The molecular formula is C34H36N2S. The van der Waals surface area contributed by atoms with Crippen LogP contribution in [0.15, 0.2) is 109 Å². The summed E-state index contributed by atoms with van der Waals surface area (Å²) in [6.07, 6.45) is 4.94. The molecule has 0 unspecified atom stereocenters. The summed E-state index contributed by atoms with van der Waals surface area (Å²) >= 11 is 0. The smallest absolute Gasteiger partial charge is 0.0202 e. The van der Waals surface area contributed by atoms with Crippen LogP contribution in [0.5, 0.6) is 0 Å². The van der Waals surface area contributed by atoms with Gasteiger partial charge in [0.15, 0.2) is 0 Å². The standard InChI is InChI=1S/C34H36N2S/c1-35-23-25-15-19-29(20-16-25)33-31(27-11-7-5-8-12-27)32(28-13-9-6-10-14-28)34(37(33,3)4)30-21-17-26(18-22-30)24-36-2/h5-22,35-36H,23-24H2,1-4H3. The fourth-order valence-electron chi connectivity index (χ4n) is 5.43. The van der Waals surface area contributed by atoms with Crippen molar-refractivity contribution in [2.24, 2.45) is 0 Å². The third-order valence-electron chi connectivity index (χ3n) is 7.04. The first-order chi connectivity index (χ1) is 18.0. The van der Waals surface area contributed by atoms with E-state index in [0.29, 0.717) is 0 Å². The third kappa shape index (κ3) is 4.95. The molecule has 2 N–H and O–H groups in total.